The van der Waals surface area contributed by atoms with Crippen LogP contribution in [0.15, 0.2) is 54.6 Å². The predicted octanol–water partition coefficient (Wildman–Crippen LogP) is 3.79. The number of methoxy groups -OCH3 is 1. The standard InChI is InChI=1S/C22H22N2O4/c1-26-17-9-7-15(8-10-17)13-24-20-19(23-24)18(11-12-22(20)14-27-22)28-21(25)16-5-3-2-4-6-16/h2-10,18,23H,11-14H2,1H3/t18-,22+/m1/s1. The van der Waals surface area contributed by atoms with Crippen molar-refractivity contribution in [3.05, 3.63) is 77.1 Å². The van der Waals surface area contributed by atoms with Crippen molar-refractivity contribution in [2.24, 2.45) is 0 Å². The molecule has 2 heterocycles. The van der Waals surface area contributed by atoms with Crippen LogP contribution >= 0.6 is 0 Å². The first-order valence-electron chi connectivity index (χ1n) is 9.50. The Morgan fingerprint density at radius 3 is 2.64 bits per heavy atom. The molecule has 3 aromatic rings. The number of esters is 1. The van der Waals surface area contributed by atoms with Crippen LogP contribution in [-0.2, 0) is 21.6 Å². The van der Waals surface area contributed by atoms with Gasteiger partial charge in [-0.1, -0.05) is 30.3 Å². The molecule has 1 aromatic heterocycles. The summed E-state index contributed by atoms with van der Waals surface area (Å²) < 4.78 is 18.9. The summed E-state index contributed by atoms with van der Waals surface area (Å²) >= 11 is 0. The molecule has 2 aliphatic rings. The summed E-state index contributed by atoms with van der Waals surface area (Å²) in [5.74, 6) is 0.549. The minimum absolute atomic E-state index is 0.206. The van der Waals surface area contributed by atoms with E-state index in [0.29, 0.717) is 12.1 Å². The van der Waals surface area contributed by atoms with Gasteiger partial charge in [-0.2, -0.15) is 0 Å². The van der Waals surface area contributed by atoms with E-state index in [4.69, 9.17) is 14.2 Å². The fraction of sp³-hybridized carbons (Fsp3) is 0.318. The highest BCUT2D eigenvalue weighted by Crippen LogP contribution is 2.52. The lowest BCUT2D eigenvalue weighted by Gasteiger charge is -2.36. The number of rotatable bonds is 5. The number of aromatic nitrogens is 2. The van der Waals surface area contributed by atoms with Gasteiger partial charge in [-0.05, 0) is 42.7 Å². The summed E-state index contributed by atoms with van der Waals surface area (Å²) in [7, 11) is 1.66. The second kappa shape index (κ2) is 6.56. The average molecular weight is 378 g/mol. The molecule has 2 aromatic carbocycles. The van der Waals surface area contributed by atoms with Gasteiger partial charge < -0.3 is 14.2 Å². The summed E-state index contributed by atoms with van der Waals surface area (Å²) in [5.41, 5.74) is 3.63. The summed E-state index contributed by atoms with van der Waals surface area (Å²) in [6, 6.07) is 17.1. The molecule has 6 heteroatoms. The molecule has 1 fully saturated rings. The number of nitrogens with zero attached hydrogens (tertiary/aromatic N) is 1. The SMILES string of the molecule is COc1ccc(Cn2[nH]c3c2[C@]2(CC[C@H]3OC(=O)c3ccccc3)CO2)cc1. The van der Waals surface area contributed by atoms with Crippen molar-refractivity contribution >= 4 is 5.97 Å². The molecular weight excluding hydrogens is 356 g/mol. The summed E-state index contributed by atoms with van der Waals surface area (Å²) in [5, 5.41) is 3.39. The quantitative estimate of drug-likeness (QED) is 0.542. The van der Waals surface area contributed by atoms with Gasteiger partial charge in [-0.25, -0.2) is 4.79 Å². The predicted molar refractivity (Wildman–Crippen MR) is 102 cm³/mol. The van der Waals surface area contributed by atoms with Crippen LogP contribution in [-0.4, -0.2) is 29.5 Å². The van der Waals surface area contributed by atoms with Crippen LogP contribution in [0.3, 0.4) is 0 Å². The molecule has 0 amide bonds. The van der Waals surface area contributed by atoms with E-state index in [-0.39, 0.29) is 17.7 Å². The molecule has 1 aliphatic heterocycles. The number of hydrogen-bond acceptors (Lipinski definition) is 4. The Labute approximate surface area is 163 Å². The zero-order chi connectivity index (χ0) is 19.1. The lowest BCUT2D eigenvalue weighted by Crippen LogP contribution is -2.36. The topological polar surface area (TPSA) is 68.8 Å². The van der Waals surface area contributed by atoms with E-state index in [1.807, 2.05) is 30.3 Å². The molecule has 1 N–H and O–H groups in total. The average Bonchev–Trinajstić information content (AvgIpc) is 3.48. The van der Waals surface area contributed by atoms with Crippen LogP contribution in [0.25, 0.3) is 0 Å². The van der Waals surface area contributed by atoms with Crippen molar-refractivity contribution in [3.63, 3.8) is 0 Å². The zero-order valence-electron chi connectivity index (χ0n) is 15.7. The van der Waals surface area contributed by atoms with E-state index in [9.17, 15) is 4.79 Å². The largest absolute Gasteiger partial charge is 0.497 e. The second-order valence-corrected chi connectivity index (χ2v) is 7.39. The molecule has 5 rings (SSSR count). The van der Waals surface area contributed by atoms with Gasteiger partial charge in [0.1, 0.15) is 17.5 Å². The van der Waals surface area contributed by atoms with Gasteiger partial charge >= 0.3 is 5.97 Å². The number of ether oxygens (including phenoxy) is 3. The molecule has 144 valence electrons. The number of H-pyrrole nitrogens is 1. The molecule has 0 saturated carbocycles. The monoisotopic (exact) mass is 378 g/mol. The van der Waals surface area contributed by atoms with Crippen LogP contribution in [0.4, 0.5) is 0 Å². The Morgan fingerprint density at radius 1 is 1.21 bits per heavy atom. The van der Waals surface area contributed by atoms with E-state index in [0.717, 1.165) is 36.6 Å². The number of carbonyl (C=O) groups is 1. The maximum Gasteiger partial charge on any atom is 0.338 e. The molecule has 28 heavy (non-hydrogen) atoms. The number of nitrogens with one attached hydrogen (secondary N) is 1. The Hall–Kier alpha value is -2.99. The molecule has 1 saturated heterocycles. The van der Waals surface area contributed by atoms with Crippen LogP contribution < -0.4 is 4.74 Å². The number of epoxide rings is 1. The summed E-state index contributed by atoms with van der Waals surface area (Å²) in [6.07, 6.45) is 1.37. The van der Waals surface area contributed by atoms with Crippen molar-refractivity contribution in [1.82, 2.24) is 9.78 Å². The number of benzene rings is 2. The molecular formula is C22H22N2O4. The van der Waals surface area contributed by atoms with Crippen LogP contribution in [0.1, 0.15) is 46.3 Å². The normalized spacial score (nSPS) is 22.7. The number of aromatic amines is 1. The third-order valence-corrected chi connectivity index (χ3v) is 5.60. The van der Waals surface area contributed by atoms with Crippen LogP contribution in [0, 0.1) is 0 Å². The van der Waals surface area contributed by atoms with Crippen molar-refractivity contribution < 1.29 is 19.0 Å². The Balaban J connectivity index is 1.36. The molecule has 1 spiro atoms. The van der Waals surface area contributed by atoms with Crippen LogP contribution in [0.5, 0.6) is 5.75 Å². The smallest absolute Gasteiger partial charge is 0.338 e. The number of carbonyl (C=O) groups excluding carboxylic acids is 1. The maximum atomic E-state index is 12.5. The highest BCUT2D eigenvalue weighted by Gasteiger charge is 2.55. The first-order valence-corrected chi connectivity index (χ1v) is 9.50. The second-order valence-electron chi connectivity index (χ2n) is 7.39. The van der Waals surface area contributed by atoms with Crippen molar-refractivity contribution in [2.75, 3.05) is 13.7 Å². The molecule has 2 atom stereocenters. The highest BCUT2D eigenvalue weighted by molar-refractivity contribution is 5.89. The Bertz CT molecular complexity index is 983. The Kier molecular flexibility index (Phi) is 4.02. The fourth-order valence-electron chi connectivity index (χ4n) is 3.98. The lowest BCUT2D eigenvalue weighted by atomic mass is 9.86. The van der Waals surface area contributed by atoms with Gasteiger partial charge in [0.2, 0.25) is 0 Å². The summed E-state index contributed by atoms with van der Waals surface area (Å²) in [4.78, 5) is 12.5. The first-order chi connectivity index (χ1) is 13.7. The van der Waals surface area contributed by atoms with E-state index < -0.39 is 0 Å². The van der Waals surface area contributed by atoms with Gasteiger partial charge in [0.25, 0.3) is 0 Å². The highest BCUT2D eigenvalue weighted by atomic mass is 16.6. The Morgan fingerprint density at radius 2 is 1.96 bits per heavy atom. The third-order valence-electron chi connectivity index (χ3n) is 5.60. The molecule has 0 unspecified atom stereocenters. The lowest BCUT2D eigenvalue weighted by molar-refractivity contribution is 0.0163. The summed E-state index contributed by atoms with van der Waals surface area (Å²) in [6.45, 7) is 1.44. The molecule has 0 radical (unpaired) electrons. The van der Waals surface area contributed by atoms with Crippen molar-refractivity contribution in [1.29, 1.82) is 0 Å². The van der Waals surface area contributed by atoms with Gasteiger partial charge in [0.15, 0.2) is 0 Å². The number of hydrogen-bond donors (Lipinski definition) is 1. The van der Waals surface area contributed by atoms with E-state index in [1.165, 1.54) is 5.56 Å². The minimum atomic E-state index is -0.291. The van der Waals surface area contributed by atoms with Crippen molar-refractivity contribution in [2.45, 2.75) is 31.1 Å². The van der Waals surface area contributed by atoms with Gasteiger partial charge in [0.05, 0.1) is 37.2 Å². The third kappa shape index (κ3) is 2.90. The van der Waals surface area contributed by atoms with E-state index in [1.54, 1.807) is 19.2 Å². The van der Waals surface area contributed by atoms with Crippen LogP contribution in [0.2, 0.25) is 0 Å². The number of fused-ring (bicyclic) bond motifs is 2. The van der Waals surface area contributed by atoms with Crippen molar-refractivity contribution in [3.8, 4) is 5.75 Å². The maximum absolute atomic E-state index is 12.5. The van der Waals surface area contributed by atoms with E-state index >= 15 is 0 Å². The van der Waals surface area contributed by atoms with Gasteiger partial charge in [-0.3, -0.25) is 9.78 Å². The molecule has 6 nitrogen and oxygen atoms in total. The minimum Gasteiger partial charge on any atom is -0.497 e. The first kappa shape index (κ1) is 17.1. The van der Waals surface area contributed by atoms with Gasteiger partial charge in [-0.15, -0.1) is 0 Å². The zero-order valence-corrected chi connectivity index (χ0v) is 15.7. The van der Waals surface area contributed by atoms with Gasteiger partial charge in [0, 0.05) is 0 Å². The molecule has 1 aliphatic carbocycles. The molecule has 0 bridgehead atoms. The fourth-order valence-corrected chi connectivity index (χ4v) is 3.98. The van der Waals surface area contributed by atoms with E-state index in [2.05, 4.69) is 21.9 Å².